The summed E-state index contributed by atoms with van der Waals surface area (Å²) in [6, 6.07) is 0. The van der Waals surface area contributed by atoms with Crippen molar-refractivity contribution >= 4 is 34.4 Å². The van der Waals surface area contributed by atoms with E-state index < -0.39 is 0 Å². The van der Waals surface area contributed by atoms with Crippen LogP contribution in [0.15, 0.2) is 0 Å². The molecule has 0 amide bonds. The standard InChI is InChI=1S/C9H14INS/c1-12-6-2-4-7-5(8(4)7)3-9(6,10)11/h4-8H,2-3,11H2,1H3/t4?,5?,6?,7?,8?,9-/m0/s1. The smallest absolute Gasteiger partial charge is 0.0803 e. The Hall–Kier alpha value is 1.04. The summed E-state index contributed by atoms with van der Waals surface area (Å²) in [4.78, 5) is 0. The monoisotopic (exact) mass is 295 g/mol. The first-order chi connectivity index (χ1) is 5.65. The lowest BCUT2D eigenvalue weighted by Crippen LogP contribution is -2.42. The van der Waals surface area contributed by atoms with Gasteiger partial charge in [-0.3, -0.25) is 0 Å². The van der Waals surface area contributed by atoms with Crippen LogP contribution in [-0.2, 0) is 0 Å². The Labute approximate surface area is 91.4 Å². The van der Waals surface area contributed by atoms with Crippen molar-refractivity contribution in [3.8, 4) is 0 Å². The molecule has 4 atom stereocenters. The van der Waals surface area contributed by atoms with Crippen molar-refractivity contribution in [3.63, 3.8) is 0 Å². The molecule has 4 aliphatic carbocycles. The van der Waals surface area contributed by atoms with E-state index in [0.29, 0.717) is 5.25 Å². The molecule has 0 aromatic rings. The number of thioether (sulfide) groups is 1. The molecule has 4 fully saturated rings. The van der Waals surface area contributed by atoms with Crippen LogP contribution < -0.4 is 5.73 Å². The van der Waals surface area contributed by atoms with Crippen LogP contribution in [0.5, 0.6) is 0 Å². The van der Waals surface area contributed by atoms with Gasteiger partial charge in [0.25, 0.3) is 0 Å². The Morgan fingerprint density at radius 3 is 2.67 bits per heavy atom. The zero-order valence-electron chi connectivity index (χ0n) is 7.16. The van der Waals surface area contributed by atoms with Gasteiger partial charge in [-0.2, -0.15) is 11.8 Å². The molecular weight excluding hydrogens is 281 g/mol. The lowest BCUT2D eigenvalue weighted by atomic mass is 10.0. The molecule has 1 nitrogen and oxygen atoms in total. The van der Waals surface area contributed by atoms with Crippen molar-refractivity contribution in [1.82, 2.24) is 0 Å². The van der Waals surface area contributed by atoms with E-state index in [1.807, 2.05) is 11.8 Å². The van der Waals surface area contributed by atoms with E-state index in [1.165, 1.54) is 12.8 Å². The van der Waals surface area contributed by atoms with Crippen molar-refractivity contribution in [2.24, 2.45) is 29.4 Å². The predicted molar refractivity (Wildman–Crippen MR) is 61.4 cm³/mol. The molecule has 68 valence electrons. The summed E-state index contributed by atoms with van der Waals surface area (Å²) in [7, 11) is 0. The minimum absolute atomic E-state index is 0.0973. The van der Waals surface area contributed by atoms with Crippen molar-refractivity contribution in [3.05, 3.63) is 0 Å². The molecule has 0 aromatic carbocycles. The van der Waals surface area contributed by atoms with Gasteiger partial charge >= 0.3 is 0 Å². The summed E-state index contributed by atoms with van der Waals surface area (Å²) in [6.45, 7) is 0. The van der Waals surface area contributed by atoms with E-state index in [2.05, 4.69) is 28.8 Å². The van der Waals surface area contributed by atoms with E-state index in [1.54, 1.807) is 0 Å². The molecule has 0 saturated heterocycles. The first-order valence-electron chi connectivity index (χ1n) is 4.66. The summed E-state index contributed by atoms with van der Waals surface area (Å²) in [5, 5.41) is 0.711. The van der Waals surface area contributed by atoms with Gasteiger partial charge in [-0.15, -0.1) is 0 Å². The van der Waals surface area contributed by atoms with E-state index in [-0.39, 0.29) is 3.55 Å². The average Bonchev–Trinajstić information content (AvgIpc) is 2.81. The molecule has 0 spiro atoms. The van der Waals surface area contributed by atoms with Crippen LogP contribution >= 0.6 is 34.4 Å². The van der Waals surface area contributed by atoms with Gasteiger partial charge in [-0.05, 0) is 42.8 Å². The van der Waals surface area contributed by atoms with E-state index in [4.69, 9.17) is 5.73 Å². The molecule has 2 N–H and O–H groups in total. The number of nitrogens with two attached hydrogens (primary N) is 1. The average molecular weight is 295 g/mol. The van der Waals surface area contributed by atoms with E-state index >= 15 is 0 Å². The Balaban J connectivity index is 1.82. The highest BCUT2D eigenvalue weighted by molar-refractivity contribution is 14.1. The van der Waals surface area contributed by atoms with Crippen molar-refractivity contribution in [2.45, 2.75) is 21.6 Å². The maximum Gasteiger partial charge on any atom is 0.0803 e. The normalized spacial score (nSPS) is 66.8. The summed E-state index contributed by atoms with van der Waals surface area (Å²) in [6.07, 6.45) is 4.89. The van der Waals surface area contributed by atoms with Gasteiger partial charge < -0.3 is 5.73 Å². The molecule has 12 heavy (non-hydrogen) atoms. The van der Waals surface area contributed by atoms with Gasteiger partial charge in [0.2, 0.25) is 0 Å². The lowest BCUT2D eigenvalue weighted by molar-refractivity contribution is 0.474. The summed E-state index contributed by atoms with van der Waals surface area (Å²) < 4.78 is 0.0973. The number of alkyl halides is 1. The highest BCUT2D eigenvalue weighted by Gasteiger charge is 2.75. The highest BCUT2D eigenvalue weighted by Crippen LogP contribution is 2.79. The fourth-order valence-electron chi connectivity index (χ4n) is 3.16. The van der Waals surface area contributed by atoms with Crippen LogP contribution in [0.4, 0.5) is 0 Å². The zero-order chi connectivity index (χ0) is 8.51. The Morgan fingerprint density at radius 1 is 1.42 bits per heavy atom. The van der Waals surface area contributed by atoms with E-state index in [9.17, 15) is 0 Å². The molecule has 3 unspecified atom stereocenters. The topological polar surface area (TPSA) is 26.0 Å². The highest BCUT2D eigenvalue weighted by atomic mass is 127. The molecular formula is C9H14INS. The summed E-state index contributed by atoms with van der Waals surface area (Å²) >= 11 is 4.47. The minimum atomic E-state index is 0.0973. The van der Waals surface area contributed by atoms with Crippen molar-refractivity contribution in [2.75, 3.05) is 6.26 Å². The number of rotatable bonds is 1. The van der Waals surface area contributed by atoms with Crippen molar-refractivity contribution in [1.29, 1.82) is 0 Å². The molecule has 0 radical (unpaired) electrons. The van der Waals surface area contributed by atoms with Crippen LogP contribution in [0.1, 0.15) is 12.8 Å². The predicted octanol–water partition coefficient (Wildman–Crippen LogP) is 2.09. The summed E-state index contributed by atoms with van der Waals surface area (Å²) in [5.74, 6) is 4.38. The van der Waals surface area contributed by atoms with Crippen LogP contribution in [0.3, 0.4) is 0 Å². The van der Waals surface area contributed by atoms with Crippen molar-refractivity contribution < 1.29 is 0 Å². The van der Waals surface area contributed by atoms with E-state index in [0.717, 1.165) is 23.7 Å². The van der Waals surface area contributed by atoms with Gasteiger partial charge in [0, 0.05) is 5.25 Å². The minimum Gasteiger partial charge on any atom is -0.316 e. The largest absolute Gasteiger partial charge is 0.316 e. The number of hydrogen-bond acceptors (Lipinski definition) is 2. The maximum atomic E-state index is 6.33. The second kappa shape index (κ2) is 2.34. The van der Waals surface area contributed by atoms with Crippen LogP contribution in [0.2, 0.25) is 0 Å². The third-order valence-corrected chi connectivity index (χ3v) is 6.79. The second-order valence-electron chi connectivity index (χ2n) is 4.57. The SMILES string of the molecule is CSC1CC2C3C(C[C@@]1(N)I)C23. The van der Waals surface area contributed by atoms with Gasteiger partial charge in [0.05, 0.1) is 3.55 Å². The quantitative estimate of drug-likeness (QED) is 0.455. The van der Waals surface area contributed by atoms with Crippen LogP contribution in [0, 0.1) is 23.7 Å². The Morgan fingerprint density at radius 2 is 2.08 bits per heavy atom. The zero-order valence-corrected chi connectivity index (χ0v) is 10.1. The first kappa shape index (κ1) is 8.36. The first-order valence-corrected chi connectivity index (χ1v) is 7.02. The Bertz CT molecular complexity index is 221. The molecule has 2 bridgehead atoms. The molecule has 4 rings (SSSR count). The number of hydrogen-bond donors (Lipinski definition) is 1. The third kappa shape index (κ3) is 0.960. The molecule has 4 saturated carbocycles. The number of halogens is 1. The Kier molecular flexibility index (Phi) is 1.63. The van der Waals surface area contributed by atoms with Crippen LogP contribution in [0.25, 0.3) is 0 Å². The summed E-state index contributed by atoms with van der Waals surface area (Å²) in [5.41, 5.74) is 6.33. The lowest BCUT2D eigenvalue weighted by Gasteiger charge is -2.28. The maximum absolute atomic E-state index is 6.33. The van der Waals surface area contributed by atoms with Gasteiger partial charge in [-0.1, -0.05) is 22.6 Å². The number of fused-ring (bicyclic) bond motifs is 3. The molecule has 0 aromatic heterocycles. The molecule has 0 aliphatic heterocycles. The third-order valence-electron chi connectivity index (χ3n) is 3.99. The fourth-order valence-corrected chi connectivity index (χ4v) is 5.59. The fraction of sp³-hybridized carbons (Fsp3) is 1.00. The van der Waals surface area contributed by atoms with Crippen LogP contribution in [-0.4, -0.2) is 15.1 Å². The molecule has 0 heterocycles. The molecule has 4 aliphatic rings. The molecule has 3 heteroatoms. The second-order valence-corrected chi connectivity index (χ2v) is 7.62. The van der Waals surface area contributed by atoms with Gasteiger partial charge in [0.15, 0.2) is 0 Å². The van der Waals surface area contributed by atoms with Gasteiger partial charge in [0.1, 0.15) is 0 Å². The van der Waals surface area contributed by atoms with Gasteiger partial charge in [-0.25, -0.2) is 0 Å².